The molecule has 0 amide bonds. The second kappa shape index (κ2) is 7.27. The van der Waals surface area contributed by atoms with Crippen molar-refractivity contribution in [1.82, 2.24) is 0 Å². The van der Waals surface area contributed by atoms with Gasteiger partial charge >= 0.3 is 0 Å². The standard InChI is InChI=1S/C14H12Br3ClN2/c15-10-3-1-8(5-12(10)17)14(7-19)20-9-2-4-11(16)13(18)6-9/h1-6,14,20H,7,19H2. The SMILES string of the molecule is NCC(Nc1ccc(Br)c(Cl)c1)c1ccc(Br)c(Br)c1. The maximum Gasteiger partial charge on any atom is 0.0636 e. The zero-order valence-electron chi connectivity index (χ0n) is 10.3. The summed E-state index contributed by atoms with van der Waals surface area (Å²) < 4.78 is 2.90. The predicted molar refractivity (Wildman–Crippen MR) is 96.4 cm³/mol. The molecule has 2 nitrogen and oxygen atoms in total. The van der Waals surface area contributed by atoms with Crippen molar-refractivity contribution in [3.8, 4) is 0 Å². The summed E-state index contributed by atoms with van der Waals surface area (Å²) >= 11 is 16.5. The minimum absolute atomic E-state index is 0.0247. The van der Waals surface area contributed by atoms with Crippen LogP contribution in [0, 0.1) is 0 Å². The predicted octanol–water partition coefficient (Wildman–Crippen LogP) is 5.74. The Bertz CT molecular complexity index is 619. The number of hydrogen-bond donors (Lipinski definition) is 2. The molecule has 3 N–H and O–H groups in total. The first-order chi connectivity index (χ1) is 9.51. The van der Waals surface area contributed by atoms with Gasteiger partial charge in [0, 0.05) is 25.7 Å². The van der Waals surface area contributed by atoms with Crippen molar-refractivity contribution < 1.29 is 0 Å². The Morgan fingerprint density at radius 3 is 2.30 bits per heavy atom. The Hall–Kier alpha value is -0.0700. The third-order valence-electron chi connectivity index (χ3n) is 2.84. The lowest BCUT2D eigenvalue weighted by Gasteiger charge is -2.19. The lowest BCUT2D eigenvalue weighted by Crippen LogP contribution is -2.20. The average molecular weight is 483 g/mol. The molecule has 6 heteroatoms. The molecule has 0 saturated heterocycles. The summed E-state index contributed by atoms with van der Waals surface area (Å²) in [6, 6.07) is 11.9. The quantitative estimate of drug-likeness (QED) is 0.582. The topological polar surface area (TPSA) is 38.0 Å². The molecule has 0 spiro atoms. The van der Waals surface area contributed by atoms with Crippen molar-refractivity contribution in [3.63, 3.8) is 0 Å². The first-order valence-corrected chi connectivity index (χ1v) is 8.63. The van der Waals surface area contributed by atoms with E-state index in [1.165, 1.54) is 0 Å². The summed E-state index contributed by atoms with van der Waals surface area (Å²) in [5.74, 6) is 0. The van der Waals surface area contributed by atoms with Crippen LogP contribution in [0.1, 0.15) is 11.6 Å². The van der Waals surface area contributed by atoms with E-state index in [-0.39, 0.29) is 6.04 Å². The zero-order valence-corrected chi connectivity index (χ0v) is 15.9. The summed E-state index contributed by atoms with van der Waals surface area (Å²) in [4.78, 5) is 0. The lowest BCUT2D eigenvalue weighted by molar-refractivity contribution is 0.789. The van der Waals surface area contributed by atoms with Crippen LogP contribution in [0.4, 0.5) is 5.69 Å². The normalized spacial score (nSPS) is 12.2. The van der Waals surface area contributed by atoms with E-state index in [0.717, 1.165) is 24.7 Å². The van der Waals surface area contributed by atoms with Crippen LogP contribution in [0.25, 0.3) is 0 Å². The first-order valence-electron chi connectivity index (χ1n) is 5.88. The minimum Gasteiger partial charge on any atom is -0.377 e. The van der Waals surface area contributed by atoms with Crippen molar-refractivity contribution in [2.24, 2.45) is 5.73 Å². The molecule has 106 valence electrons. The summed E-state index contributed by atoms with van der Waals surface area (Å²) in [6.07, 6.45) is 0. The molecule has 1 unspecified atom stereocenters. The van der Waals surface area contributed by atoms with E-state index in [2.05, 4.69) is 59.2 Å². The highest BCUT2D eigenvalue weighted by molar-refractivity contribution is 9.13. The average Bonchev–Trinajstić information content (AvgIpc) is 2.43. The van der Waals surface area contributed by atoms with Crippen LogP contribution < -0.4 is 11.1 Å². The van der Waals surface area contributed by atoms with Crippen LogP contribution in [-0.2, 0) is 0 Å². The number of anilines is 1. The number of nitrogens with one attached hydrogen (secondary N) is 1. The Labute approximate surface area is 148 Å². The molecule has 0 aliphatic rings. The van der Waals surface area contributed by atoms with Gasteiger partial charge < -0.3 is 11.1 Å². The summed E-state index contributed by atoms with van der Waals surface area (Å²) in [6.45, 7) is 0.488. The second-order valence-corrected chi connectivity index (χ2v) is 7.21. The number of rotatable bonds is 4. The maximum absolute atomic E-state index is 6.10. The van der Waals surface area contributed by atoms with Crippen molar-refractivity contribution in [2.45, 2.75) is 6.04 Å². The molecule has 0 bridgehead atoms. The van der Waals surface area contributed by atoms with Gasteiger partial charge in [-0.2, -0.15) is 0 Å². The maximum atomic E-state index is 6.10. The molecule has 0 radical (unpaired) electrons. The lowest BCUT2D eigenvalue weighted by atomic mass is 10.1. The van der Waals surface area contributed by atoms with Gasteiger partial charge in [0.25, 0.3) is 0 Å². The van der Waals surface area contributed by atoms with Gasteiger partial charge in [-0.25, -0.2) is 0 Å². The highest BCUT2D eigenvalue weighted by atomic mass is 79.9. The van der Waals surface area contributed by atoms with E-state index in [0.29, 0.717) is 11.6 Å². The summed E-state index contributed by atoms with van der Waals surface area (Å²) in [7, 11) is 0. The molecule has 0 fully saturated rings. The first kappa shape index (κ1) is 16.3. The second-order valence-electron chi connectivity index (χ2n) is 4.24. The third kappa shape index (κ3) is 3.98. The summed E-state index contributed by atoms with van der Waals surface area (Å²) in [5, 5.41) is 4.06. The van der Waals surface area contributed by atoms with E-state index in [4.69, 9.17) is 17.3 Å². The largest absolute Gasteiger partial charge is 0.377 e. The molecule has 1 atom stereocenters. The van der Waals surface area contributed by atoms with E-state index < -0.39 is 0 Å². The van der Waals surface area contributed by atoms with Gasteiger partial charge in [-0.15, -0.1) is 0 Å². The minimum atomic E-state index is 0.0247. The third-order valence-corrected chi connectivity index (χ3v) is 5.95. The molecular weight excluding hydrogens is 471 g/mol. The van der Waals surface area contributed by atoms with Crippen LogP contribution in [0.2, 0.25) is 5.02 Å². The van der Waals surface area contributed by atoms with E-state index in [9.17, 15) is 0 Å². The molecule has 0 aromatic heterocycles. The van der Waals surface area contributed by atoms with Crippen LogP contribution in [0.5, 0.6) is 0 Å². The van der Waals surface area contributed by atoms with Gasteiger partial charge in [-0.3, -0.25) is 0 Å². The molecule has 2 aromatic carbocycles. The number of nitrogens with two attached hydrogens (primary N) is 1. The monoisotopic (exact) mass is 480 g/mol. The van der Waals surface area contributed by atoms with Crippen LogP contribution >= 0.6 is 59.4 Å². The fourth-order valence-electron chi connectivity index (χ4n) is 1.79. The number of hydrogen-bond acceptors (Lipinski definition) is 2. The Morgan fingerprint density at radius 2 is 1.70 bits per heavy atom. The molecule has 20 heavy (non-hydrogen) atoms. The molecule has 0 aliphatic heterocycles. The van der Waals surface area contributed by atoms with Crippen molar-refractivity contribution in [3.05, 3.63) is 60.4 Å². The van der Waals surface area contributed by atoms with Crippen molar-refractivity contribution in [2.75, 3.05) is 11.9 Å². The van der Waals surface area contributed by atoms with Crippen molar-refractivity contribution in [1.29, 1.82) is 0 Å². The van der Waals surface area contributed by atoms with Gasteiger partial charge in [0.05, 0.1) is 11.1 Å². The molecule has 0 heterocycles. The molecular formula is C14H12Br3ClN2. The summed E-state index contributed by atoms with van der Waals surface area (Å²) in [5.41, 5.74) is 7.93. The highest BCUT2D eigenvalue weighted by Crippen LogP contribution is 2.30. The van der Waals surface area contributed by atoms with Gasteiger partial charge in [-0.05, 0) is 83.7 Å². The zero-order chi connectivity index (χ0) is 14.7. The highest BCUT2D eigenvalue weighted by Gasteiger charge is 2.11. The van der Waals surface area contributed by atoms with E-state index >= 15 is 0 Å². The van der Waals surface area contributed by atoms with E-state index in [1.807, 2.05) is 30.3 Å². The Balaban J connectivity index is 2.23. The van der Waals surface area contributed by atoms with E-state index in [1.54, 1.807) is 0 Å². The van der Waals surface area contributed by atoms with Gasteiger partial charge in [0.1, 0.15) is 0 Å². The number of halogens is 4. The molecule has 0 aliphatic carbocycles. The van der Waals surface area contributed by atoms with Gasteiger partial charge in [0.2, 0.25) is 0 Å². The molecule has 0 saturated carbocycles. The fraction of sp³-hybridized carbons (Fsp3) is 0.143. The van der Waals surface area contributed by atoms with Crippen LogP contribution in [-0.4, -0.2) is 6.54 Å². The van der Waals surface area contributed by atoms with Crippen LogP contribution in [0.15, 0.2) is 49.8 Å². The molecule has 2 rings (SSSR count). The fourth-order valence-corrected chi connectivity index (χ4v) is 2.86. The van der Waals surface area contributed by atoms with Gasteiger partial charge in [0.15, 0.2) is 0 Å². The molecule has 2 aromatic rings. The Kier molecular flexibility index (Phi) is 5.93. The van der Waals surface area contributed by atoms with Crippen LogP contribution in [0.3, 0.4) is 0 Å². The van der Waals surface area contributed by atoms with Crippen molar-refractivity contribution >= 4 is 65.1 Å². The van der Waals surface area contributed by atoms with Gasteiger partial charge in [-0.1, -0.05) is 17.7 Å². The smallest absolute Gasteiger partial charge is 0.0636 e. The Morgan fingerprint density at radius 1 is 1.00 bits per heavy atom. The number of benzene rings is 2.